The van der Waals surface area contributed by atoms with Crippen LogP contribution in [0.15, 0.2) is 18.2 Å². The van der Waals surface area contributed by atoms with Crippen LogP contribution in [0, 0.1) is 5.82 Å². The first-order chi connectivity index (χ1) is 6.13. The Morgan fingerprint density at radius 3 is 2.62 bits per heavy atom. The molecule has 1 aromatic rings. The topological polar surface area (TPSA) is 32.3 Å². The zero-order chi connectivity index (χ0) is 9.84. The number of nitrogens with one attached hydrogen (secondary N) is 1. The highest BCUT2D eigenvalue weighted by Crippen LogP contribution is 2.17. The molecule has 3 heteroatoms. The third-order valence-corrected chi connectivity index (χ3v) is 1.93. The molecule has 0 bridgehead atoms. The molecule has 0 fully saturated rings. The lowest BCUT2D eigenvalue weighted by Crippen LogP contribution is -2.07. The smallest absolute Gasteiger partial charge is 0.123 e. The Balaban J connectivity index is 2.96. The Hall–Kier alpha value is -0.930. The fourth-order valence-corrected chi connectivity index (χ4v) is 1.20. The van der Waals surface area contributed by atoms with Gasteiger partial charge in [0.05, 0.1) is 0 Å². The molecule has 13 heavy (non-hydrogen) atoms. The second-order valence-corrected chi connectivity index (χ2v) is 3.38. The average Bonchev–Trinajstić information content (AvgIpc) is 2.03. The Labute approximate surface area is 77.4 Å². The molecule has 0 saturated carbocycles. The maximum absolute atomic E-state index is 13.0. The number of halogens is 1. The van der Waals surface area contributed by atoms with Crippen LogP contribution < -0.4 is 5.48 Å². The number of rotatable bonds is 3. The van der Waals surface area contributed by atoms with Crippen molar-refractivity contribution in [3.63, 3.8) is 0 Å². The van der Waals surface area contributed by atoms with Crippen LogP contribution in [0.3, 0.4) is 0 Å². The van der Waals surface area contributed by atoms with Crippen molar-refractivity contribution >= 4 is 0 Å². The maximum atomic E-state index is 13.0. The lowest BCUT2D eigenvalue weighted by molar-refractivity contribution is 0.161. The molecule has 0 spiro atoms. The van der Waals surface area contributed by atoms with Crippen molar-refractivity contribution < 1.29 is 9.60 Å². The van der Waals surface area contributed by atoms with Crippen LogP contribution in [-0.2, 0) is 6.54 Å². The Morgan fingerprint density at radius 2 is 2.08 bits per heavy atom. The minimum Gasteiger partial charge on any atom is -0.316 e. The second kappa shape index (κ2) is 4.35. The molecule has 1 aromatic carbocycles. The summed E-state index contributed by atoms with van der Waals surface area (Å²) in [4.78, 5) is 0. The van der Waals surface area contributed by atoms with Crippen molar-refractivity contribution in [1.29, 1.82) is 0 Å². The first-order valence-electron chi connectivity index (χ1n) is 4.30. The average molecular weight is 183 g/mol. The summed E-state index contributed by atoms with van der Waals surface area (Å²) >= 11 is 0. The molecule has 72 valence electrons. The third kappa shape index (κ3) is 2.79. The highest BCUT2D eigenvalue weighted by Gasteiger charge is 2.03. The van der Waals surface area contributed by atoms with Crippen LogP contribution in [0.1, 0.15) is 30.9 Å². The highest BCUT2D eigenvalue weighted by atomic mass is 19.1. The summed E-state index contributed by atoms with van der Waals surface area (Å²) in [5.41, 5.74) is 3.72. The summed E-state index contributed by atoms with van der Waals surface area (Å²) in [5, 5.41) is 8.47. The van der Waals surface area contributed by atoms with E-state index >= 15 is 0 Å². The van der Waals surface area contributed by atoms with E-state index in [4.69, 9.17) is 5.21 Å². The van der Waals surface area contributed by atoms with E-state index < -0.39 is 0 Å². The van der Waals surface area contributed by atoms with Gasteiger partial charge in [0.15, 0.2) is 0 Å². The van der Waals surface area contributed by atoms with Gasteiger partial charge >= 0.3 is 0 Å². The second-order valence-electron chi connectivity index (χ2n) is 3.38. The summed E-state index contributed by atoms with van der Waals surface area (Å²) in [6, 6.07) is 4.82. The van der Waals surface area contributed by atoms with E-state index in [1.54, 1.807) is 0 Å². The summed E-state index contributed by atoms with van der Waals surface area (Å²) < 4.78 is 13.0. The first-order valence-corrected chi connectivity index (χ1v) is 4.30. The molecule has 0 aliphatic heterocycles. The van der Waals surface area contributed by atoms with E-state index in [0.29, 0.717) is 5.92 Å². The Kier molecular flexibility index (Phi) is 3.39. The predicted molar refractivity (Wildman–Crippen MR) is 49.1 cm³/mol. The van der Waals surface area contributed by atoms with E-state index in [1.165, 1.54) is 12.1 Å². The number of hydrogen-bond acceptors (Lipinski definition) is 2. The van der Waals surface area contributed by atoms with Crippen LogP contribution in [-0.4, -0.2) is 5.21 Å². The van der Waals surface area contributed by atoms with Crippen molar-refractivity contribution in [2.45, 2.75) is 26.3 Å². The van der Waals surface area contributed by atoms with E-state index in [2.05, 4.69) is 0 Å². The van der Waals surface area contributed by atoms with Crippen molar-refractivity contribution in [2.24, 2.45) is 0 Å². The zero-order valence-electron chi connectivity index (χ0n) is 7.84. The van der Waals surface area contributed by atoms with E-state index in [-0.39, 0.29) is 12.4 Å². The van der Waals surface area contributed by atoms with Gasteiger partial charge in [0.1, 0.15) is 5.82 Å². The SMILES string of the molecule is CC(C)c1cc(F)cc(CNO)c1. The van der Waals surface area contributed by atoms with Gasteiger partial charge in [-0.3, -0.25) is 0 Å². The summed E-state index contributed by atoms with van der Waals surface area (Å²) in [6.45, 7) is 4.29. The quantitative estimate of drug-likeness (QED) is 0.705. The number of hydroxylamine groups is 1. The monoisotopic (exact) mass is 183 g/mol. The van der Waals surface area contributed by atoms with Gasteiger partial charge in [-0.2, -0.15) is 0 Å². The summed E-state index contributed by atoms with van der Waals surface area (Å²) in [7, 11) is 0. The molecule has 2 N–H and O–H groups in total. The minimum absolute atomic E-state index is 0.253. The number of hydrogen-bond donors (Lipinski definition) is 2. The molecule has 0 atom stereocenters. The predicted octanol–water partition coefficient (Wildman–Crippen LogP) is 2.43. The van der Waals surface area contributed by atoms with Gasteiger partial charge in [0.25, 0.3) is 0 Å². The van der Waals surface area contributed by atoms with Crippen LogP contribution in [0.25, 0.3) is 0 Å². The largest absolute Gasteiger partial charge is 0.316 e. The molecular weight excluding hydrogens is 169 g/mol. The number of benzene rings is 1. The van der Waals surface area contributed by atoms with Crippen LogP contribution in [0.2, 0.25) is 0 Å². The van der Waals surface area contributed by atoms with Gasteiger partial charge in [0, 0.05) is 6.54 Å². The van der Waals surface area contributed by atoms with Crippen LogP contribution >= 0.6 is 0 Å². The van der Waals surface area contributed by atoms with Gasteiger partial charge in [-0.25, -0.2) is 9.87 Å². The minimum atomic E-state index is -0.253. The lowest BCUT2D eigenvalue weighted by Gasteiger charge is -2.08. The standard InChI is InChI=1S/C10H14FNO/c1-7(2)9-3-8(6-12-13)4-10(11)5-9/h3-5,7,12-13H,6H2,1-2H3. The van der Waals surface area contributed by atoms with Crippen LogP contribution in [0.4, 0.5) is 4.39 Å². The molecular formula is C10H14FNO. The van der Waals surface area contributed by atoms with E-state index in [0.717, 1.165) is 11.1 Å². The molecule has 0 radical (unpaired) electrons. The van der Waals surface area contributed by atoms with Gasteiger partial charge in [-0.05, 0) is 29.2 Å². The molecule has 0 aromatic heterocycles. The van der Waals surface area contributed by atoms with Gasteiger partial charge < -0.3 is 5.21 Å². The van der Waals surface area contributed by atoms with E-state index in [1.807, 2.05) is 25.4 Å². The van der Waals surface area contributed by atoms with Gasteiger partial charge in [0.2, 0.25) is 0 Å². The molecule has 0 aliphatic rings. The molecule has 0 amide bonds. The van der Waals surface area contributed by atoms with Gasteiger partial charge in [-0.1, -0.05) is 19.9 Å². The van der Waals surface area contributed by atoms with Crippen molar-refractivity contribution in [3.8, 4) is 0 Å². The maximum Gasteiger partial charge on any atom is 0.123 e. The third-order valence-electron chi connectivity index (χ3n) is 1.93. The molecule has 0 unspecified atom stereocenters. The fourth-order valence-electron chi connectivity index (χ4n) is 1.20. The van der Waals surface area contributed by atoms with Gasteiger partial charge in [-0.15, -0.1) is 0 Å². The molecule has 0 aliphatic carbocycles. The normalized spacial score (nSPS) is 10.8. The molecule has 0 saturated heterocycles. The van der Waals surface area contributed by atoms with Crippen molar-refractivity contribution in [3.05, 3.63) is 35.1 Å². The fraction of sp³-hybridized carbons (Fsp3) is 0.400. The Morgan fingerprint density at radius 1 is 1.38 bits per heavy atom. The van der Waals surface area contributed by atoms with Crippen molar-refractivity contribution in [1.82, 2.24) is 5.48 Å². The molecule has 0 heterocycles. The lowest BCUT2D eigenvalue weighted by atomic mass is 10.0. The zero-order valence-corrected chi connectivity index (χ0v) is 7.84. The van der Waals surface area contributed by atoms with Crippen molar-refractivity contribution in [2.75, 3.05) is 0 Å². The molecule has 2 nitrogen and oxygen atoms in total. The summed E-state index contributed by atoms with van der Waals surface area (Å²) in [5.74, 6) is 0.0459. The Bertz CT molecular complexity index is 286. The highest BCUT2D eigenvalue weighted by molar-refractivity contribution is 5.26. The first kappa shape index (κ1) is 10.2. The van der Waals surface area contributed by atoms with Crippen LogP contribution in [0.5, 0.6) is 0 Å². The molecule has 1 rings (SSSR count). The summed E-state index contributed by atoms with van der Waals surface area (Å²) in [6.07, 6.45) is 0. The van der Waals surface area contributed by atoms with E-state index in [9.17, 15) is 4.39 Å².